The molecule has 1 aromatic heterocycles. The smallest absolute Gasteiger partial charge is 0.335 e. The molecule has 0 aliphatic heterocycles. The average molecular weight is 644 g/mol. The molecule has 0 spiro atoms. The zero-order chi connectivity index (χ0) is 22.5. The first kappa shape index (κ1) is 22.5. The van der Waals surface area contributed by atoms with Crippen LogP contribution in [0, 0.1) is 7.14 Å². The van der Waals surface area contributed by atoms with Crippen LogP contribution in [-0.2, 0) is 0 Å². The fourth-order valence-corrected chi connectivity index (χ4v) is 3.97. The molecule has 6 heteroatoms. The Morgan fingerprint density at radius 1 is 0.719 bits per heavy atom. The van der Waals surface area contributed by atoms with Crippen molar-refractivity contribution in [3.8, 4) is 17.1 Å². The van der Waals surface area contributed by atoms with Crippen molar-refractivity contribution in [2.45, 2.75) is 0 Å². The van der Waals surface area contributed by atoms with Crippen molar-refractivity contribution in [3.63, 3.8) is 0 Å². The van der Waals surface area contributed by atoms with Crippen molar-refractivity contribution in [3.05, 3.63) is 116 Å². The zero-order valence-corrected chi connectivity index (χ0v) is 21.1. The molecule has 0 unspecified atom stereocenters. The molecule has 5 rings (SSSR count). The largest absolute Gasteiger partial charge is 0.478 e. The van der Waals surface area contributed by atoms with Crippen LogP contribution in [0.1, 0.15) is 10.4 Å². The highest BCUT2D eigenvalue weighted by Gasteiger charge is 2.13. The Bertz CT molecular complexity index is 1350. The maximum Gasteiger partial charge on any atom is 0.335 e. The molecule has 32 heavy (non-hydrogen) atoms. The minimum absolute atomic E-state index is 0.334. The van der Waals surface area contributed by atoms with E-state index in [2.05, 4.69) is 116 Å². The molecule has 0 saturated heterocycles. The highest BCUT2D eigenvalue weighted by atomic mass is 127. The third-order valence-electron chi connectivity index (χ3n) is 4.77. The molecule has 0 aliphatic carbocycles. The fourth-order valence-electron chi connectivity index (χ4n) is 3.25. The van der Waals surface area contributed by atoms with E-state index in [0.29, 0.717) is 5.56 Å². The molecule has 1 N–H and O–H groups in total. The van der Waals surface area contributed by atoms with Crippen LogP contribution in [0.5, 0.6) is 0 Å². The summed E-state index contributed by atoms with van der Waals surface area (Å²) in [6.45, 7) is 0. The number of imidazole rings is 1. The lowest BCUT2D eigenvalue weighted by molar-refractivity contribution is 0.0697. The second kappa shape index (κ2) is 10.3. The summed E-state index contributed by atoms with van der Waals surface area (Å²) in [6.07, 6.45) is 0. The van der Waals surface area contributed by atoms with E-state index in [1.807, 2.05) is 12.1 Å². The van der Waals surface area contributed by atoms with Crippen LogP contribution in [0.4, 0.5) is 0 Å². The molecule has 0 radical (unpaired) electrons. The Morgan fingerprint density at radius 3 is 1.91 bits per heavy atom. The maximum atomic E-state index is 10.3. The summed E-state index contributed by atoms with van der Waals surface area (Å²) in [6, 6.07) is 33.8. The van der Waals surface area contributed by atoms with Gasteiger partial charge in [-0.2, -0.15) is 0 Å². The summed E-state index contributed by atoms with van der Waals surface area (Å²) in [5, 5.41) is 8.47. The van der Waals surface area contributed by atoms with Gasteiger partial charge in [0.2, 0.25) is 0 Å². The molecule has 0 aliphatic rings. The molecule has 4 nitrogen and oxygen atoms in total. The van der Waals surface area contributed by atoms with Gasteiger partial charge in [0.15, 0.2) is 0 Å². The predicted molar refractivity (Wildman–Crippen MR) is 145 cm³/mol. The van der Waals surface area contributed by atoms with Crippen molar-refractivity contribution in [2.75, 3.05) is 0 Å². The average Bonchev–Trinajstić information content (AvgIpc) is 3.20. The van der Waals surface area contributed by atoms with Crippen LogP contribution in [0.25, 0.3) is 28.1 Å². The first-order valence-corrected chi connectivity index (χ1v) is 12.0. The minimum atomic E-state index is -0.878. The summed E-state index contributed by atoms with van der Waals surface area (Å²) < 4.78 is 4.49. The number of para-hydroxylation sites is 3. The number of rotatable bonds is 3. The summed E-state index contributed by atoms with van der Waals surface area (Å²) in [7, 11) is 0. The van der Waals surface area contributed by atoms with Crippen molar-refractivity contribution >= 4 is 62.2 Å². The van der Waals surface area contributed by atoms with Crippen LogP contribution in [-0.4, -0.2) is 20.6 Å². The molecule has 158 valence electrons. The van der Waals surface area contributed by atoms with E-state index in [1.165, 1.54) is 3.57 Å². The van der Waals surface area contributed by atoms with Gasteiger partial charge >= 0.3 is 5.97 Å². The van der Waals surface area contributed by atoms with Crippen molar-refractivity contribution in [1.29, 1.82) is 0 Å². The predicted octanol–water partition coefficient (Wildman–Crippen LogP) is 7.29. The highest BCUT2D eigenvalue weighted by Crippen LogP contribution is 2.28. The molecular formula is C26H18I2N2O2. The van der Waals surface area contributed by atoms with Gasteiger partial charge in [-0.05, 0) is 106 Å². The zero-order valence-electron chi connectivity index (χ0n) is 16.8. The SMILES string of the molecule is Ic1ccc(-c2nc3ccccc3n2-c2ccccc2)cc1.O=C(O)c1ccc(I)cc1. The van der Waals surface area contributed by atoms with Crippen LogP contribution in [0.2, 0.25) is 0 Å². The minimum Gasteiger partial charge on any atom is -0.478 e. The summed E-state index contributed by atoms with van der Waals surface area (Å²) >= 11 is 4.45. The number of hydrogen-bond acceptors (Lipinski definition) is 2. The lowest BCUT2D eigenvalue weighted by Gasteiger charge is -2.09. The Labute approximate surface area is 213 Å². The number of fused-ring (bicyclic) bond motifs is 1. The second-order valence-corrected chi connectivity index (χ2v) is 9.41. The van der Waals surface area contributed by atoms with E-state index in [4.69, 9.17) is 10.1 Å². The third kappa shape index (κ3) is 5.18. The van der Waals surface area contributed by atoms with E-state index in [0.717, 1.165) is 31.7 Å². The van der Waals surface area contributed by atoms with Gasteiger partial charge in [0.1, 0.15) is 5.82 Å². The molecule has 0 atom stereocenters. The van der Waals surface area contributed by atoms with Gasteiger partial charge in [-0.25, -0.2) is 9.78 Å². The van der Waals surface area contributed by atoms with Crippen molar-refractivity contribution in [2.24, 2.45) is 0 Å². The molecule has 4 aromatic carbocycles. The van der Waals surface area contributed by atoms with Crippen molar-refractivity contribution in [1.82, 2.24) is 9.55 Å². The van der Waals surface area contributed by atoms with Crippen LogP contribution in [0.15, 0.2) is 103 Å². The quantitative estimate of drug-likeness (QED) is 0.210. The van der Waals surface area contributed by atoms with Crippen molar-refractivity contribution < 1.29 is 9.90 Å². The standard InChI is InChI=1S/C19H13IN2.C7H5IO2/c20-15-12-10-14(11-13-15)19-21-17-8-4-5-9-18(17)22(19)16-6-2-1-3-7-16;8-6-3-1-5(2-4-6)7(9)10/h1-13H;1-4H,(H,9,10). The lowest BCUT2D eigenvalue weighted by atomic mass is 10.2. The van der Waals surface area contributed by atoms with Crippen LogP contribution < -0.4 is 0 Å². The number of carboxylic acid groups (broad SMARTS) is 1. The van der Waals surface area contributed by atoms with Crippen LogP contribution >= 0.6 is 45.2 Å². The molecule has 0 amide bonds. The summed E-state index contributed by atoms with van der Waals surface area (Å²) in [5.74, 6) is 0.0974. The number of aromatic nitrogens is 2. The number of halogens is 2. The normalized spacial score (nSPS) is 10.4. The molecule has 0 saturated carbocycles. The monoisotopic (exact) mass is 644 g/mol. The maximum absolute atomic E-state index is 10.3. The summed E-state index contributed by atoms with van der Waals surface area (Å²) in [5.41, 5.74) is 4.73. The number of hydrogen-bond donors (Lipinski definition) is 1. The summed E-state index contributed by atoms with van der Waals surface area (Å²) in [4.78, 5) is 15.2. The van der Waals surface area contributed by atoms with Gasteiger partial charge in [0.05, 0.1) is 16.6 Å². The number of aromatic carboxylic acids is 1. The number of nitrogens with zero attached hydrogens (tertiary/aromatic N) is 2. The van der Waals surface area contributed by atoms with Gasteiger partial charge in [-0.15, -0.1) is 0 Å². The fraction of sp³-hybridized carbons (Fsp3) is 0. The van der Waals surface area contributed by atoms with Crippen LogP contribution in [0.3, 0.4) is 0 Å². The highest BCUT2D eigenvalue weighted by molar-refractivity contribution is 14.1. The number of carboxylic acids is 1. The molecule has 0 bridgehead atoms. The second-order valence-electron chi connectivity index (χ2n) is 6.91. The van der Waals surface area contributed by atoms with Gasteiger partial charge in [-0.1, -0.05) is 42.5 Å². The van der Waals surface area contributed by atoms with Gasteiger partial charge in [0, 0.05) is 18.4 Å². The van der Waals surface area contributed by atoms with Gasteiger partial charge in [0.25, 0.3) is 0 Å². The van der Waals surface area contributed by atoms with Gasteiger partial charge < -0.3 is 5.11 Å². The van der Waals surface area contributed by atoms with Gasteiger partial charge in [-0.3, -0.25) is 4.57 Å². The Balaban J connectivity index is 0.000000207. The Kier molecular flexibility index (Phi) is 7.21. The van der Waals surface area contributed by atoms with E-state index in [-0.39, 0.29) is 0 Å². The first-order valence-electron chi connectivity index (χ1n) is 9.80. The lowest BCUT2D eigenvalue weighted by Crippen LogP contribution is -1.97. The number of benzene rings is 4. The van der Waals surface area contributed by atoms with E-state index in [1.54, 1.807) is 24.3 Å². The Morgan fingerprint density at radius 2 is 1.28 bits per heavy atom. The molecule has 5 aromatic rings. The topological polar surface area (TPSA) is 55.1 Å². The molecular weight excluding hydrogens is 626 g/mol. The molecule has 0 fully saturated rings. The molecule has 1 heterocycles. The van der Waals surface area contributed by atoms with E-state index >= 15 is 0 Å². The van der Waals surface area contributed by atoms with E-state index < -0.39 is 5.97 Å². The Hall–Kier alpha value is -2.72. The van der Waals surface area contributed by atoms with E-state index in [9.17, 15) is 4.79 Å². The number of carbonyl (C=O) groups is 1. The third-order valence-corrected chi connectivity index (χ3v) is 6.21. The first-order chi connectivity index (χ1) is 15.5.